The number of unbranched alkanes of at least 4 members (excludes halogenated alkanes) is 14. The summed E-state index contributed by atoms with van der Waals surface area (Å²) < 4.78 is 26.4. The van der Waals surface area contributed by atoms with E-state index >= 15 is 0 Å². The van der Waals surface area contributed by atoms with E-state index in [0.29, 0.717) is 12.8 Å². The van der Waals surface area contributed by atoms with Crippen molar-refractivity contribution < 1.29 is 47.8 Å². The van der Waals surface area contributed by atoms with Crippen molar-refractivity contribution in [3.8, 4) is 0 Å². The van der Waals surface area contributed by atoms with E-state index in [1.54, 1.807) is 0 Å². The summed E-state index contributed by atoms with van der Waals surface area (Å²) in [6.07, 6.45) is 16.2. The molecule has 0 radical (unpaired) electrons. The molecule has 0 heterocycles. The van der Waals surface area contributed by atoms with E-state index < -0.39 is 57.6 Å². The van der Waals surface area contributed by atoms with Crippen molar-refractivity contribution in [2.45, 2.75) is 142 Å². The number of rotatable bonds is 28. The Morgan fingerprint density at radius 3 is 1.65 bits per heavy atom. The zero-order valence-corrected chi connectivity index (χ0v) is 25.5. The van der Waals surface area contributed by atoms with Gasteiger partial charge in [-0.2, -0.15) is 0 Å². The standard InChI is InChI=1S/C28H54NO10P/c1-3-5-7-9-11-12-14-16-18-20-27(32)37-21-24(30)22-38-40(35,36)39-23-25(28(33)34)29-26(31)19-17-15-13-10-8-6-4-2/h24-25,30H,3-23H2,1-2H3,(H,29,31)(H,33,34)(H,35,36). The van der Waals surface area contributed by atoms with E-state index in [0.717, 1.165) is 51.4 Å². The Labute approximate surface area is 240 Å². The smallest absolute Gasteiger partial charge is 0.472 e. The maximum atomic E-state index is 12.1. The molecule has 0 aliphatic rings. The normalized spacial score (nSPS) is 14.3. The minimum absolute atomic E-state index is 0.148. The molecule has 3 unspecified atom stereocenters. The molecule has 0 aromatic rings. The molecule has 11 nitrogen and oxygen atoms in total. The van der Waals surface area contributed by atoms with Gasteiger partial charge in [-0.05, 0) is 12.8 Å². The molecule has 12 heteroatoms. The lowest BCUT2D eigenvalue weighted by Crippen LogP contribution is -2.43. The Morgan fingerprint density at radius 2 is 1.15 bits per heavy atom. The summed E-state index contributed by atoms with van der Waals surface area (Å²) in [5.41, 5.74) is 0. The minimum atomic E-state index is -4.72. The largest absolute Gasteiger partial charge is 0.480 e. The molecule has 0 spiro atoms. The topological polar surface area (TPSA) is 169 Å². The van der Waals surface area contributed by atoms with Crippen LogP contribution in [0.3, 0.4) is 0 Å². The van der Waals surface area contributed by atoms with Crippen LogP contribution in [-0.2, 0) is 32.7 Å². The second-order valence-electron chi connectivity index (χ2n) is 10.3. The number of aliphatic hydroxyl groups excluding tert-OH is 1. The first-order chi connectivity index (χ1) is 19.1. The van der Waals surface area contributed by atoms with Crippen molar-refractivity contribution in [1.82, 2.24) is 5.32 Å². The Morgan fingerprint density at radius 1 is 0.700 bits per heavy atom. The molecule has 0 aromatic carbocycles. The number of hydrogen-bond donors (Lipinski definition) is 4. The van der Waals surface area contributed by atoms with E-state index in [2.05, 4.69) is 23.7 Å². The first-order valence-corrected chi connectivity index (χ1v) is 16.6. The summed E-state index contributed by atoms with van der Waals surface area (Å²) in [6, 6.07) is -1.53. The fourth-order valence-corrected chi connectivity index (χ4v) is 4.73. The van der Waals surface area contributed by atoms with Gasteiger partial charge in [-0.15, -0.1) is 0 Å². The number of carbonyl (C=O) groups excluding carboxylic acids is 2. The molecule has 40 heavy (non-hydrogen) atoms. The number of hydrogen-bond acceptors (Lipinski definition) is 8. The number of ether oxygens (including phenoxy) is 1. The van der Waals surface area contributed by atoms with E-state index in [4.69, 9.17) is 9.26 Å². The average Bonchev–Trinajstić information content (AvgIpc) is 2.91. The summed E-state index contributed by atoms with van der Waals surface area (Å²) in [7, 11) is -4.72. The van der Waals surface area contributed by atoms with Crippen LogP contribution in [0.25, 0.3) is 0 Å². The van der Waals surface area contributed by atoms with Gasteiger partial charge < -0.3 is 25.2 Å². The van der Waals surface area contributed by atoms with Crippen LogP contribution < -0.4 is 5.32 Å². The van der Waals surface area contributed by atoms with E-state index in [9.17, 15) is 34.1 Å². The van der Waals surface area contributed by atoms with Gasteiger partial charge in [-0.1, -0.05) is 104 Å². The maximum Gasteiger partial charge on any atom is 0.472 e. The quantitative estimate of drug-likeness (QED) is 0.0503. The zero-order chi connectivity index (χ0) is 30.1. The van der Waals surface area contributed by atoms with Crippen LogP contribution in [0.2, 0.25) is 0 Å². The van der Waals surface area contributed by atoms with Gasteiger partial charge in [-0.3, -0.25) is 18.6 Å². The lowest BCUT2D eigenvalue weighted by atomic mass is 10.1. The lowest BCUT2D eigenvalue weighted by Gasteiger charge is -2.18. The molecule has 0 fully saturated rings. The van der Waals surface area contributed by atoms with Crippen LogP contribution >= 0.6 is 7.82 Å². The monoisotopic (exact) mass is 595 g/mol. The number of carbonyl (C=O) groups is 3. The third kappa shape index (κ3) is 24.3. The first kappa shape index (κ1) is 38.5. The highest BCUT2D eigenvalue weighted by molar-refractivity contribution is 7.47. The predicted molar refractivity (Wildman–Crippen MR) is 153 cm³/mol. The number of phosphoric acid groups is 1. The summed E-state index contributed by atoms with van der Waals surface area (Å²) in [6.45, 7) is 2.45. The van der Waals surface area contributed by atoms with E-state index in [-0.39, 0.29) is 12.8 Å². The van der Waals surface area contributed by atoms with Gasteiger partial charge in [0.05, 0.1) is 13.2 Å². The lowest BCUT2D eigenvalue weighted by molar-refractivity contribution is -0.147. The highest BCUT2D eigenvalue weighted by Crippen LogP contribution is 2.43. The highest BCUT2D eigenvalue weighted by atomic mass is 31.2. The Bertz CT molecular complexity index is 721. The van der Waals surface area contributed by atoms with Crippen LogP contribution in [0.4, 0.5) is 0 Å². The van der Waals surface area contributed by atoms with Crippen molar-refractivity contribution >= 4 is 25.7 Å². The third-order valence-corrected chi connectivity index (χ3v) is 7.35. The second kappa shape index (κ2) is 25.2. The molecule has 0 aromatic heterocycles. The fraction of sp³-hybridized carbons (Fsp3) is 0.893. The van der Waals surface area contributed by atoms with Crippen molar-refractivity contribution in [3.63, 3.8) is 0 Å². The number of aliphatic carboxylic acids is 1. The number of carboxylic acids is 1. The van der Waals surface area contributed by atoms with Gasteiger partial charge in [0.1, 0.15) is 12.7 Å². The predicted octanol–water partition coefficient (Wildman–Crippen LogP) is 5.66. The van der Waals surface area contributed by atoms with Gasteiger partial charge >= 0.3 is 19.8 Å². The molecule has 1 amide bonds. The molecule has 0 rings (SSSR count). The molecule has 0 aliphatic heterocycles. The van der Waals surface area contributed by atoms with Gasteiger partial charge in [0.2, 0.25) is 5.91 Å². The molecular weight excluding hydrogens is 541 g/mol. The summed E-state index contributed by atoms with van der Waals surface area (Å²) in [4.78, 5) is 45.1. The molecular formula is C28H54NO10P. The molecule has 0 bridgehead atoms. The van der Waals surface area contributed by atoms with Gasteiger partial charge in [0, 0.05) is 12.8 Å². The van der Waals surface area contributed by atoms with Crippen molar-refractivity contribution in [2.24, 2.45) is 0 Å². The Balaban J connectivity index is 4.07. The molecule has 0 saturated carbocycles. The number of amides is 1. The van der Waals surface area contributed by atoms with Crippen LogP contribution in [0, 0.1) is 0 Å². The molecule has 0 saturated heterocycles. The number of carboxylic acid groups (broad SMARTS) is 1. The SMILES string of the molecule is CCCCCCCCCCCC(=O)OCC(O)COP(=O)(O)OCC(NC(=O)CCCCCCCCC)C(=O)O. The first-order valence-electron chi connectivity index (χ1n) is 15.1. The molecule has 236 valence electrons. The van der Waals surface area contributed by atoms with Crippen LogP contribution in [-0.4, -0.2) is 64.9 Å². The van der Waals surface area contributed by atoms with E-state index in [1.807, 2.05) is 0 Å². The molecule has 0 aliphatic carbocycles. The molecule has 4 N–H and O–H groups in total. The van der Waals surface area contributed by atoms with Gasteiger partial charge in [0.15, 0.2) is 6.04 Å². The summed E-state index contributed by atoms with van der Waals surface area (Å²) in [5, 5.41) is 21.5. The van der Waals surface area contributed by atoms with Crippen molar-refractivity contribution in [1.29, 1.82) is 0 Å². The highest BCUT2D eigenvalue weighted by Gasteiger charge is 2.28. The molecule has 3 atom stereocenters. The van der Waals surface area contributed by atoms with Crippen LogP contribution in [0.1, 0.15) is 129 Å². The summed E-state index contributed by atoms with van der Waals surface area (Å²) >= 11 is 0. The van der Waals surface area contributed by atoms with Crippen LogP contribution in [0.5, 0.6) is 0 Å². The number of esters is 1. The third-order valence-electron chi connectivity index (χ3n) is 6.40. The number of nitrogens with one attached hydrogen (secondary N) is 1. The summed E-state index contributed by atoms with van der Waals surface area (Å²) in [5.74, 6) is -2.38. The fourth-order valence-electron chi connectivity index (χ4n) is 3.96. The zero-order valence-electron chi connectivity index (χ0n) is 24.7. The average molecular weight is 596 g/mol. The number of aliphatic hydroxyl groups is 1. The van der Waals surface area contributed by atoms with Crippen molar-refractivity contribution in [2.75, 3.05) is 19.8 Å². The maximum absolute atomic E-state index is 12.1. The van der Waals surface area contributed by atoms with Gasteiger partial charge in [-0.25, -0.2) is 9.36 Å². The number of phosphoric ester groups is 1. The second-order valence-corrected chi connectivity index (χ2v) is 11.8. The minimum Gasteiger partial charge on any atom is -0.480 e. The Hall–Kier alpha value is -1.52. The van der Waals surface area contributed by atoms with Crippen molar-refractivity contribution in [3.05, 3.63) is 0 Å². The van der Waals surface area contributed by atoms with E-state index in [1.165, 1.54) is 38.5 Å². The Kier molecular flexibility index (Phi) is 24.3. The van der Waals surface area contributed by atoms with Crippen LogP contribution in [0.15, 0.2) is 0 Å². The van der Waals surface area contributed by atoms with Gasteiger partial charge in [0.25, 0.3) is 0 Å².